The van der Waals surface area contributed by atoms with Crippen molar-refractivity contribution >= 4 is 5.97 Å². The topological polar surface area (TPSA) is 52.6 Å². The number of hydrogen-bond donors (Lipinski definition) is 2. The Labute approximate surface area is 98.0 Å². The molecule has 2 N–H and O–H groups in total. The van der Waals surface area contributed by atoms with Gasteiger partial charge in [-0.1, -0.05) is 13.3 Å². The van der Waals surface area contributed by atoms with E-state index in [1.807, 2.05) is 6.92 Å². The standard InChI is InChI=1S/C12H24N2O2/c1-3-11(12(15)16)13-10(2)9-14-7-5-4-6-8-14/h10-11,13H,3-9H2,1-2H3,(H,15,16). The summed E-state index contributed by atoms with van der Waals surface area (Å²) in [5.74, 6) is -0.743. The first kappa shape index (κ1) is 13.5. The Morgan fingerprint density at radius 1 is 1.38 bits per heavy atom. The van der Waals surface area contributed by atoms with E-state index in [1.54, 1.807) is 0 Å². The van der Waals surface area contributed by atoms with E-state index in [9.17, 15) is 4.79 Å². The zero-order valence-electron chi connectivity index (χ0n) is 10.4. The molecule has 1 fully saturated rings. The highest BCUT2D eigenvalue weighted by atomic mass is 16.4. The van der Waals surface area contributed by atoms with Gasteiger partial charge in [-0.05, 0) is 39.3 Å². The number of carboxylic acid groups (broad SMARTS) is 1. The molecule has 4 heteroatoms. The molecule has 0 aromatic heterocycles. The van der Waals surface area contributed by atoms with Gasteiger partial charge in [-0.2, -0.15) is 0 Å². The third-order valence-electron chi connectivity index (χ3n) is 3.17. The van der Waals surface area contributed by atoms with Crippen LogP contribution in [0.1, 0.15) is 39.5 Å². The first-order chi connectivity index (χ1) is 7.63. The molecule has 1 heterocycles. The second kappa shape index (κ2) is 6.86. The molecule has 2 atom stereocenters. The monoisotopic (exact) mass is 228 g/mol. The maximum atomic E-state index is 10.9. The minimum atomic E-state index is -0.743. The third-order valence-corrected chi connectivity index (χ3v) is 3.17. The number of aliphatic carboxylic acids is 1. The Morgan fingerprint density at radius 3 is 2.50 bits per heavy atom. The van der Waals surface area contributed by atoms with Crippen molar-refractivity contribution in [2.45, 2.75) is 51.6 Å². The highest BCUT2D eigenvalue weighted by Gasteiger charge is 2.19. The van der Waals surface area contributed by atoms with E-state index >= 15 is 0 Å². The van der Waals surface area contributed by atoms with Crippen LogP contribution in [-0.4, -0.2) is 47.7 Å². The van der Waals surface area contributed by atoms with Crippen molar-refractivity contribution in [3.63, 3.8) is 0 Å². The molecule has 0 amide bonds. The van der Waals surface area contributed by atoms with Crippen LogP contribution in [0.3, 0.4) is 0 Å². The van der Waals surface area contributed by atoms with E-state index in [0.29, 0.717) is 6.42 Å². The lowest BCUT2D eigenvalue weighted by Gasteiger charge is -2.30. The average molecular weight is 228 g/mol. The van der Waals surface area contributed by atoms with Gasteiger partial charge in [-0.3, -0.25) is 4.79 Å². The lowest BCUT2D eigenvalue weighted by atomic mass is 10.1. The normalized spacial score (nSPS) is 21.6. The van der Waals surface area contributed by atoms with E-state index in [0.717, 1.165) is 19.6 Å². The average Bonchev–Trinajstić information content (AvgIpc) is 2.27. The zero-order valence-corrected chi connectivity index (χ0v) is 10.4. The van der Waals surface area contributed by atoms with Gasteiger partial charge in [0.2, 0.25) is 0 Å². The predicted molar refractivity (Wildman–Crippen MR) is 64.6 cm³/mol. The molecule has 1 rings (SSSR count). The summed E-state index contributed by atoms with van der Waals surface area (Å²) in [6.07, 6.45) is 4.54. The van der Waals surface area contributed by atoms with Crippen molar-refractivity contribution in [1.29, 1.82) is 0 Å². The summed E-state index contributed by atoms with van der Waals surface area (Å²) in [6.45, 7) is 7.26. The molecule has 2 unspecified atom stereocenters. The first-order valence-corrected chi connectivity index (χ1v) is 6.34. The van der Waals surface area contributed by atoms with Gasteiger partial charge in [0.05, 0.1) is 0 Å². The van der Waals surface area contributed by atoms with Gasteiger partial charge in [-0.15, -0.1) is 0 Å². The SMILES string of the molecule is CCC(NC(C)CN1CCCCC1)C(=O)O. The molecule has 0 saturated carbocycles. The Bertz CT molecular complexity index is 215. The van der Waals surface area contributed by atoms with E-state index in [1.165, 1.54) is 19.3 Å². The van der Waals surface area contributed by atoms with Gasteiger partial charge in [0.15, 0.2) is 0 Å². The smallest absolute Gasteiger partial charge is 0.320 e. The summed E-state index contributed by atoms with van der Waals surface area (Å²) in [5.41, 5.74) is 0. The van der Waals surface area contributed by atoms with Gasteiger partial charge < -0.3 is 15.3 Å². The van der Waals surface area contributed by atoms with Gasteiger partial charge in [0.1, 0.15) is 6.04 Å². The molecule has 1 saturated heterocycles. The number of rotatable bonds is 6. The van der Waals surface area contributed by atoms with Gasteiger partial charge in [0, 0.05) is 12.6 Å². The summed E-state index contributed by atoms with van der Waals surface area (Å²) < 4.78 is 0. The van der Waals surface area contributed by atoms with Crippen LogP contribution in [0.15, 0.2) is 0 Å². The van der Waals surface area contributed by atoms with E-state index in [2.05, 4.69) is 17.1 Å². The number of carbonyl (C=O) groups is 1. The Kier molecular flexibility index (Phi) is 5.77. The molecule has 94 valence electrons. The summed E-state index contributed by atoms with van der Waals surface area (Å²) in [5, 5.41) is 12.1. The molecular formula is C12H24N2O2. The van der Waals surface area contributed by atoms with Gasteiger partial charge in [-0.25, -0.2) is 0 Å². The zero-order chi connectivity index (χ0) is 12.0. The molecule has 0 aliphatic carbocycles. The first-order valence-electron chi connectivity index (χ1n) is 6.34. The van der Waals surface area contributed by atoms with Crippen molar-refractivity contribution in [2.75, 3.05) is 19.6 Å². The molecule has 0 radical (unpaired) electrons. The minimum Gasteiger partial charge on any atom is -0.480 e. The lowest BCUT2D eigenvalue weighted by Crippen LogP contribution is -2.47. The molecule has 16 heavy (non-hydrogen) atoms. The summed E-state index contributed by atoms with van der Waals surface area (Å²) >= 11 is 0. The highest BCUT2D eigenvalue weighted by molar-refractivity contribution is 5.73. The van der Waals surface area contributed by atoms with Gasteiger partial charge in [0.25, 0.3) is 0 Å². The number of hydrogen-bond acceptors (Lipinski definition) is 3. The summed E-state index contributed by atoms with van der Waals surface area (Å²) in [7, 11) is 0. The molecule has 0 spiro atoms. The van der Waals surface area contributed by atoms with Crippen molar-refractivity contribution in [1.82, 2.24) is 10.2 Å². The van der Waals surface area contributed by atoms with Crippen LogP contribution < -0.4 is 5.32 Å². The molecule has 0 bridgehead atoms. The van der Waals surface area contributed by atoms with Crippen LogP contribution in [0, 0.1) is 0 Å². The van der Waals surface area contributed by atoms with E-state index < -0.39 is 12.0 Å². The number of nitrogens with zero attached hydrogens (tertiary/aromatic N) is 1. The Hall–Kier alpha value is -0.610. The molecule has 0 aromatic carbocycles. The molecule has 1 aliphatic rings. The molecule has 1 aliphatic heterocycles. The van der Waals surface area contributed by atoms with Crippen molar-refractivity contribution in [3.8, 4) is 0 Å². The molecular weight excluding hydrogens is 204 g/mol. The quantitative estimate of drug-likeness (QED) is 0.720. The van der Waals surface area contributed by atoms with Crippen LogP contribution in [0.2, 0.25) is 0 Å². The van der Waals surface area contributed by atoms with E-state index in [4.69, 9.17) is 5.11 Å². The summed E-state index contributed by atoms with van der Waals surface area (Å²) in [4.78, 5) is 13.3. The maximum Gasteiger partial charge on any atom is 0.320 e. The lowest BCUT2D eigenvalue weighted by molar-refractivity contribution is -0.139. The fraction of sp³-hybridized carbons (Fsp3) is 0.917. The second-order valence-electron chi connectivity index (χ2n) is 4.73. The van der Waals surface area contributed by atoms with Crippen LogP contribution in [0.5, 0.6) is 0 Å². The number of carboxylic acids is 1. The Balaban J connectivity index is 2.27. The molecule has 4 nitrogen and oxygen atoms in total. The van der Waals surface area contributed by atoms with Crippen LogP contribution in [0.4, 0.5) is 0 Å². The Morgan fingerprint density at radius 2 is 2.00 bits per heavy atom. The third kappa shape index (κ3) is 4.49. The largest absolute Gasteiger partial charge is 0.480 e. The fourth-order valence-corrected chi connectivity index (χ4v) is 2.29. The summed E-state index contributed by atoms with van der Waals surface area (Å²) in [6, 6.07) is -0.154. The van der Waals surface area contributed by atoms with Crippen molar-refractivity contribution in [3.05, 3.63) is 0 Å². The molecule has 0 aromatic rings. The van der Waals surface area contributed by atoms with E-state index in [-0.39, 0.29) is 6.04 Å². The number of nitrogens with one attached hydrogen (secondary N) is 1. The maximum absolute atomic E-state index is 10.9. The van der Waals surface area contributed by atoms with Crippen LogP contribution >= 0.6 is 0 Å². The van der Waals surface area contributed by atoms with Crippen molar-refractivity contribution < 1.29 is 9.90 Å². The number of piperidine rings is 1. The number of likely N-dealkylation sites (tertiary alicyclic amines) is 1. The highest BCUT2D eigenvalue weighted by Crippen LogP contribution is 2.09. The van der Waals surface area contributed by atoms with Crippen molar-refractivity contribution in [2.24, 2.45) is 0 Å². The van der Waals surface area contributed by atoms with Gasteiger partial charge >= 0.3 is 5.97 Å². The van der Waals surface area contributed by atoms with Crippen LogP contribution in [-0.2, 0) is 4.79 Å². The van der Waals surface area contributed by atoms with Crippen LogP contribution in [0.25, 0.3) is 0 Å². The second-order valence-corrected chi connectivity index (χ2v) is 4.73. The predicted octanol–water partition coefficient (Wildman–Crippen LogP) is 1.31. The fourth-order valence-electron chi connectivity index (χ4n) is 2.29. The minimum absolute atomic E-state index is 0.249.